The number of β-amino-alcohol motifs (C(OH)–C–C–N with tert-alkyl or cyclic N) is 1. The van der Waals surface area contributed by atoms with Crippen LogP contribution in [0.4, 0.5) is 22.2 Å². The maximum absolute atomic E-state index is 14.1. The lowest BCUT2D eigenvalue weighted by atomic mass is 9.85. The van der Waals surface area contributed by atoms with Crippen molar-refractivity contribution in [1.29, 1.82) is 0 Å². The number of aliphatic hydroxyl groups excluding tert-OH is 1. The smallest absolute Gasteiger partial charge is 0.414 e. The number of fused-ring (bicyclic) bond motifs is 2. The number of hydrogen-bond acceptors (Lipinski definition) is 18. The third kappa shape index (κ3) is 12.4. The Bertz CT molecular complexity index is 3040. The molecule has 2 saturated heterocycles. The number of likely N-dealkylation sites (tertiary alicyclic amines) is 1. The molecule has 2 fully saturated rings. The van der Waals surface area contributed by atoms with Crippen molar-refractivity contribution in [2.75, 3.05) is 74.1 Å². The van der Waals surface area contributed by atoms with Crippen molar-refractivity contribution in [3.05, 3.63) is 84.3 Å². The normalized spacial score (nSPS) is 17.3. The molecule has 3 atom stereocenters. The number of piperazine rings is 1. The Kier molecular flexibility index (Phi) is 15.5. The summed E-state index contributed by atoms with van der Waals surface area (Å²) in [6, 6.07) is 7.66. The monoisotopic (exact) mass is 1040 g/mol. The summed E-state index contributed by atoms with van der Waals surface area (Å²) >= 11 is 1.56. The topological polar surface area (TPSA) is 264 Å². The molecule has 75 heavy (non-hydrogen) atoms. The van der Waals surface area contributed by atoms with Gasteiger partial charge in [0.05, 0.1) is 71.9 Å². The lowest BCUT2D eigenvalue weighted by Gasteiger charge is -2.35. The molecule has 1 aromatic carbocycles. The molecule has 9 rings (SSSR count). The van der Waals surface area contributed by atoms with E-state index in [1.165, 1.54) is 22.2 Å². The number of thiazole rings is 1. The van der Waals surface area contributed by atoms with Crippen molar-refractivity contribution >= 4 is 64.2 Å². The largest absolute Gasteiger partial charge is 0.481 e. The van der Waals surface area contributed by atoms with Gasteiger partial charge >= 0.3 is 6.09 Å². The fourth-order valence-corrected chi connectivity index (χ4v) is 9.78. The fourth-order valence-electron chi connectivity index (χ4n) is 8.97. The zero-order chi connectivity index (χ0) is 53.0. The van der Waals surface area contributed by atoms with Gasteiger partial charge in [0.2, 0.25) is 29.5 Å². The van der Waals surface area contributed by atoms with Crippen LogP contribution in [0.15, 0.2) is 73.0 Å². The van der Waals surface area contributed by atoms with Gasteiger partial charge in [0.15, 0.2) is 23.8 Å². The van der Waals surface area contributed by atoms with Gasteiger partial charge in [-0.2, -0.15) is 0 Å². The lowest BCUT2D eigenvalue weighted by Crippen LogP contribution is -2.58. The highest BCUT2D eigenvalue weighted by Crippen LogP contribution is 2.34. The molecule has 3 aliphatic heterocycles. The predicted octanol–water partition coefficient (Wildman–Crippen LogP) is 3.71. The van der Waals surface area contributed by atoms with Crippen LogP contribution >= 0.6 is 11.3 Å². The molecule has 0 bridgehead atoms. The molecule has 3 aliphatic rings. The quantitative estimate of drug-likeness (QED) is 0.114. The number of ether oxygens (including phenoxy) is 3. The number of hydrogen-bond donors (Lipinski definition) is 4. The molecule has 23 nitrogen and oxygen atoms in total. The number of nitrogens with zero attached hydrogens (tertiary/aromatic N) is 11. The summed E-state index contributed by atoms with van der Waals surface area (Å²) < 4.78 is 18.6. The Labute approximate surface area is 436 Å². The minimum atomic E-state index is -1.03. The molecule has 8 heterocycles. The van der Waals surface area contributed by atoms with Gasteiger partial charge in [-0.15, -0.1) is 11.3 Å². The first-order chi connectivity index (χ1) is 35.9. The van der Waals surface area contributed by atoms with E-state index in [9.17, 15) is 29.1 Å². The van der Waals surface area contributed by atoms with E-state index in [2.05, 4.69) is 45.9 Å². The zero-order valence-electron chi connectivity index (χ0n) is 42.6. The number of rotatable bonds is 15. The van der Waals surface area contributed by atoms with Gasteiger partial charge in [-0.1, -0.05) is 45.0 Å². The Morgan fingerprint density at radius 3 is 2.37 bits per heavy atom. The maximum Gasteiger partial charge on any atom is 0.414 e. The first-order valence-corrected chi connectivity index (χ1v) is 25.6. The number of anilines is 3. The van der Waals surface area contributed by atoms with Crippen molar-refractivity contribution in [3.63, 3.8) is 0 Å². The van der Waals surface area contributed by atoms with Gasteiger partial charge in [-0.05, 0) is 43.4 Å². The number of benzene rings is 1. The van der Waals surface area contributed by atoms with Crippen LogP contribution in [0.2, 0.25) is 0 Å². The molecule has 0 unspecified atom stereocenters. The van der Waals surface area contributed by atoms with Crippen LogP contribution in [0.3, 0.4) is 0 Å². The van der Waals surface area contributed by atoms with Crippen LogP contribution in [0, 0.1) is 12.3 Å². The molecule has 0 radical (unpaired) electrons. The molecule has 0 aliphatic carbocycles. The Morgan fingerprint density at radius 2 is 1.67 bits per heavy atom. The summed E-state index contributed by atoms with van der Waals surface area (Å²) in [6.45, 7) is 13.7. The van der Waals surface area contributed by atoms with Crippen molar-refractivity contribution < 1.29 is 43.3 Å². The van der Waals surface area contributed by atoms with Crippen molar-refractivity contribution in [3.8, 4) is 33.3 Å². The van der Waals surface area contributed by atoms with Gasteiger partial charge in [-0.3, -0.25) is 34.0 Å². The molecular formula is C51H60N14O9S. The van der Waals surface area contributed by atoms with Crippen molar-refractivity contribution in [2.45, 2.75) is 78.8 Å². The number of aryl methyl sites for hydroxylation is 1. The first-order valence-electron chi connectivity index (χ1n) is 24.7. The minimum absolute atomic E-state index is 0.0487. The lowest BCUT2D eigenvalue weighted by molar-refractivity contribution is -0.144. The van der Waals surface area contributed by atoms with Crippen LogP contribution in [0.5, 0.6) is 11.6 Å². The SMILES string of the molecule is Cc1ncsc1-c1ccc(CNC(=O)[C@@H]2C[C@@H](O)CN2C(=O)[C@@H](NC(=O)COc2cnc(N3CCN(CC(=O)Nc4cn5cc(-c6cnc7c(c6)N(C(=O)OC(C)C)CCO7)ncc5n4)CC3)nc2)C(C)(C)C)cc1. The summed E-state index contributed by atoms with van der Waals surface area (Å²) in [5, 5.41) is 19.2. The second kappa shape index (κ2) is 22.3. The average molecular weight is 1050 g/mol. The van der Waals surface area contributed by atoms with E-state index in [4.69, 9.17) is 14.2 Å². The summed E-state index contributed by atoms with van der Waals surface area (Å²) in [4.78, 5) is 102. The van der Waals surface area contributed by atoms with Crippen LogP contribution in [0.1, 0.15) is 52.3 Å². The van der Waals surface area contributed by atoms with Gasteiger partial charge in [0, 0.05) is 63.6 Å². The minimum Gasteiger partial charge on any atom is -0.481 e. The number of carbonyl (C=O) groups excluding carboxylic acids is 5. The van der Waals surface area contributed by atoms with Crippen molar-refractivity contribution in [2.24, 2.45) is 5.41 Å². The Balaban J connectivity index is 0.720. The highest BCUT2D eigenvalue weighted by atomic mass is 32.1. The Hall–Kier alpha value is -7.83. The van der Waals surface area contributed by atoms with Gasteiger partial charge in [0.25, 0.3) is 5.91 Å². The van der Waals surface area contributed by atoms with Gasteiger partial charge in [0.1, 0.15) is 24.4 Å². The number of imidazole rings is 1. The van der Waals surface area contributed by atoms with Crippen LogP contribution in [0.25, 0.3) is 27.3 Å². The molecule has 6 aromatic rings. The second-order valence-electron chi connectivity index (χ2n) is 19.9. The molecule has 0 spiro atoms. The third-order valence-corrected chi connectivity index (χ3v) is 13.8. The summed E-state index contributed by atoms with van der Waals surface area (Å²) in [5.74, 6) is -0.266. The van der Waals surface area contributed by atoms with E-state index < -0.39 is 54.0 Å². The standard InChI is InChI=1S/C51H60N14O9S/c1-30(2)74-50(71)64-15-16-72-47-39(64)17-34(20-54-47)37-25-63-26-40(58-41(63)23-52-37)59-42(67)27-61-11-13-62(14-12-61)49-55-21-36(22-56-49)73-28-43(68)60-45(51(4,5)6)48(70)65-24-35(66)18-38(65)46(69)53-19-32-7-9-33(10-8-32)44-31(3)57-29-75-44/h7-10,17,20-23,25-26,29-30,35,38,45,66H,11-16,18-19,24,27-28H2,1-6H3,(H,53,69)(H,59,67)(H,60,68)/t35-,38+,45-/m1/s1. The van der Waals surface area contributed by atoms with E-state index in [0.717, 1.165) is 21.7 Å². The van der Waals surface area contributed by atoms with Gasteiger partial charge < -0.3 is 49.5 Å². The number of amides is 5. The summed E-state index contributed by atoms with van der Waals surface area (Å²) in [6.07, 6.45) is 8.02. The number of aliphatic hydroxyl groups is 1. The van der Waals surface area contributed by atoms with E-state index in [-0.39, 0.29) is 43.8 Å². The van der Waals surface area contributed by atoms with Gasteiger partial charge in [-0.25, -0.2) is 29.7 Å². The highest BCUT2D eigenvalue weighted by Gasteiger charge is 2.44. The third-order valence-electron chi connectivity index (χ3n) is 12.9. The number of nitrogens with one attached hydrogen (secondary N) is 3. The summed E-state index contributed by atoms with van der Waals surface area (Å²) in [5.41, 5.74) is 6.14. The molecule has 5 amide bonds. The molecular weight excluding hydrogens is 985 g/mol. The number of carbonyl (C=O) groups is 5. The highest BCUT2D eigenvalue weighted by molar-refractivity contribution is 7.13. The second-order valence-corrected chi connectivity index (χ2v) is 20.8. The average Bonchev–Trinajstić information content (AvgIpc) is 4.13. The van der Waals surface area contributed by atoms with Crippen LogP contribution in [-0.2, 0) is 30.5 Å². The fraction of sp³-hybridized carbons (Fsp3) is 0.431. The first kappa shape index (κ1) is 52.0. The molecule has 24 heteroatoms. The van der Waals surface area contributed by atoms with E-state index in [1.807, 2.05) is 61.8 Å². The number of aromatic nitrogens is 7. The zero-order valence-corrected chi connectivity index (χ0v) is 43.4. The summed E-state index contributed by atoms with van der Waals surface area (Å²) in [7, 11) is 0. The molecule has 394 valence electrons. The molecule has 0 saturated carbocycles. The van der Waals surface area contributed by atoms with Crippen LogP contribution in [-0.4, -0.2) is 162 Å². The van der Waals surface area contributed by atoms with E-state index in [0.29, 0.717) is 79.6 Å². The van der Waals surface area contributed by atoms with E-state index in [1.54, 1.807) is 65.9 Å². The number of pyridine rings is 1. The van der Waals surface area contributed by atoms with Crippen molar-refractivity contribution in [1.82, 2.24) is 54.7 Å². The van der Waals surface area contributed by atoms with E-state index >= 15 is 0 Å². The molecule has 5 aromatic heterocycles. The van der Waals surface area contributed by atoms with Crippen LogP contribution < -0.4 is 35.2 Å². The maximum atomic E-state index is 14.1. The molecule has 4 N–H and O–H groups in total. The Morgan fingerprint density at radius 1 is 0.907 bits per heavy atom. The predicted molar refractivity (Wildman–Crippen MR) is 277 cm³/mol.